The lowest BCUT2D eigenvalue weighted by atomic mass is 9.89. The van der Waals surface area contributed by atoms with Crippen LogP contribution in [0.5, 0.6) is 5.75 Å². The van der Waals surface area contributed by atoms with Gasteiger partial charge in [-0.3, -0.25) is 14.4 Å². The Hall–Kier alpha value is -3.09. The number of nitrogens with zero attached hydrogens (tertiary/aromatic N) is 1. The third-order valence-corrected chi connectivity index (χ3v) is 4.40. The van der Waals surface area contributed by atoms with E-state index < -0.39 is 5.92 Å². The number of anilines is 1. The highest BCUT2D eigenvalue weighted by Crippen LogP contribution is 2.38. The third kappa shape index (κ3) is 3.77. The van der Waals surface area contributed by atoms with E-state index in [1.807, 2.05) is 6.07 Å². The van der Waals surface area contributed by atoms with Crippen molar-refractivity contribution < 1.29 is 14.3 Å². The number of methoxy groups -OCH3 is 1. The molecule has 7 nitrogen and oxygen atoms in total. The van der Waals surface area contributed by atoms with Crippen LogP contribution in [-0.2, 0) is 16.1 Å². The molecule has 1 aliphatic rings. The van der Waals surface area contributed by atoms with Gasteiger partial charge in [-0.25, -0.2) is 0 Å². The number of aromatic nitrogens is 1. The molecule has 2 N–H and O–H groups in total. The van der Waals surface area contributed by atoms with E-state index in [2.05, 4.69) is 10.6 Å². The lowest BCUT2D eigenvalue weighted by Crippen LogP contribution is -2.36. The van der Waals surface area contributed by atoms with Gasteiger partial charge in [0.1, 0.15) is 5.75 Å². The van der Waals surface area contributed by atoms with E-state index in [4.69, 9.17) is 4.74 Å². The van der Waals surface area contributed by atoms with E-state index in [9.17, 15) is 14.4 Å². The van der Waals surface area contributed by atoms with Gasteiger partial charge in [0.05, 0.1) is 18.7 Å². The molecule has 1 aromatic carbocycles. The average Bonchev–Trinajstić information content (AvgIpc) is 2.65. The Balaban J connectivity index is 1.63. The summed E-state index contributed by atoms with van der Waals surface area (Å²) in [6.07, 6.45) is 2.45. The number of hydrogen-bond acceptors (Lipinski definition) is 4. The summed E-state index contributed by atoms with van der Waals surface area (Å²) < 4.78 is 6.87. The van der Waals surface area contributed by atoms with Crippen LogP contribution in [0.15, 0.2) is 47.4 Å². The molecule has 0 fully saturated rings. The zero-order valence-electron chi connectivity index (χ0n) is 14.5. The Labute approximate surface area is 151 Å². The molecule has 26 heavy (non-hydrogen) atoms. The van der Waals surface area contributed by atoms with Gasteiger partial charge >= 0.3 is 0 Å². The first-order chi connectivity index (χ1) is 12.6. The lowest BCUT2D eigenvalue weighted by Gasteiger charge is -2.26. The number of hydrogen-bond donors (Lipinski definition) is 2. The summed E-state index contributed by atoms with van der Waals surface area (Å²) in [6.45, 7) is 0.951. The molecule has 0 aliphatic carbocycles. The molecule has 2 amide bonds. The van der Waals surface area contributed by atoms with Crippen LogP contribution in [0.1, 0.15) is 24.3 Å². The third-order valence-electron chi connectivity index (χ3n) is 4.40. The predicted octanol–water partition coefficient (Wildman–Crippen LogP) is 1.49. The van der Waals surface area contributed by atoms with Gasteiger partial charge in [-0.2, -0.15) is 0 Å². The molecule has 0 saturated carbocycles. The topological polar surface area (TPSA) is 89.4 Å². The quantitative estimate of drug-likeness (QED) is 0.769. The molecule has 0 spiro atoms. The van der Waals surface area contributed by atoms with Crippen molar-refractivity contribution in [2.24, 2.45) is 0 Å². The second kappa shape index (κ2) is 7.86. The number of ether oxygens (including phenoxy) is 1. The molecule has 2 aromatic rings. The minimum atomic E-state index is -0.548. The minimum Gasteiger partial charge on any atom is -0.495 e. The minimum absolute atomic E-state index is 0.0659. The van der Waals surface area contributed by atoms with Gasteiger partial charge in [-0.05, 0) is 24.1 Å². The zero-order valence-corrected chi connectivity index (χ0v) is 14.5. The van der Waals surface area contributed by atoms with E-state index in [-0.39, 0.29) is 23.8 Å². The SMILES string of the molecule is COc1cccc2c1NC(=O)C[C@H]2C(=O)NCCCn1ccccc1=O. The number of pyridine rings is 1. The van der Waals surface area contributed by atoms with Crippen LogP contribution >= 0.6 is 0 Å². The summed E-state index contributed by atoms with van der Waals surface area (Å²) in [7, 11) is 1.52. The van der Waals surface area contributed by atoms with Gasteiger partial charge in [-0.1, -0.05) is 18.2 Å². The Morgan fingerprint density at radius 2 is 2.12 bits per heavy atom. The van der Waals surface area contributed by atoms with Crippen LogP contribution in [0.3, 0.4) is 0 Å². The Morgan fingerprint density at radius 1 is 1.27 bits per heavy atom. The molecule has 0 bridgehead atoms. The number of amides is 2. The lowest BCUT2D eigenvalue weighted by molar-refractivity contribution is -0.126. The van der Waals surface area contributed by atoms with Crippen LogP contribution in [0, 0.1) is 0 Å². The maximum absolute atomic E-state index is 12.6. The monoisotopic (exact) mass is 355 g/mol. The number of carbonyl (C=O) groups excluding carboxylic acids is 2. The summed E-state index contributed by atoms with van der Waals surface area (Å²) in [5.41, 5.74) is 1.24. The van der Waals surface area contributed by atoms with E-state index in [1.165, 1.54) is 13.2 Å². The van der Waals surface area contributed by atoms with E-state index in [1.54, 1.807) is 35.0 Å². The van der Waals surface area contributed by atoms with Crippen LogP contribution < -0.4 is 20.9 Å². The van der Waals surface area contributed by atoms with E-state index in [0.717, 1.165) is 5.56 Å². The van der Waals surface area contributed by atoms with E-state index in [0.29, 0.717) is 30.9 Å². The van der Waals surface area contributed by atoms with Crippen molar-refractivity contribution in [3.8, 4) is 5.75 Å². The van der Waals surface area contributed by atoms with Gasteiger partial charge in [0.15, 0.2) is 0 Å². The largest absolute Gasteiger partial charge is 0.495 e. The number of fused-ring (bicyclic) bond motifs is 1. The van der Waals surface area contributed by atoms with Crippen molar-refractivity contribution in [2.75, 3.05) is 19.0 Å². The van der Waals surface area contributed by atoms with Gasteiger partial charge in [0.25, 0.3) is 0 Å². The normalized spacial score (nSPS) is 15.7. The maximum atomic E-state index is 12.6. The summed E-state index contributed by atoms with van der Waals surface area (Å²) in [4.78, 5) is 36.2. The number of carbonyl (C=O) groups is 2. The molecular formula is C19H21N3O4. The second-order valence-electron chi connectivity index (χ2n) is 6.11. The molecule has 7 heteroatoms. The molecule has 0 unspecified atom stereocenters. The number of para-hydroxylation sites is 1. The van der Waals surface area contributed by atoms with Crippen LogP contribution in [0.25, 0.3) is 0 Å². The highest BCUT2D eigenvalue weighted by atomic mass is 16.5. The summed E-state index contributed by atoms with van der Waals surface area (Å²) in [5, 5.41) is 5.64. The van der Waals surface area contributed by atoms with Crippen LogP contribution in [-0.4, -0.2) is 30.0 Å². The second-order valence-corrected chi connectivity index (χ2v) is 6.11. The molecule has 0 radical (unpaired) electrons. The fourth-order valence-corrected chi connectivity index (χ4v) is 3.09. The van der Waals surface area contributed by atoms with Crippen molar-refractivity contribution in [3.05, 3.63) is 58.5 Å². The molecule has 136 valence electrons. The van der Waals surface area contributed by atoms with Crippen molar-refractivity contribution in [1.29, 1.82) is 0 Å². The number of benzene rings is 1. The zero-order chi connectivity index (χ0) is 18.5. The van der Waals surface area contributed by atoms with Crippen LogP contribution in [0.4, 0.5) is 5.69 Å². The van der Waals surface area contributed by atoms with Crippen molar-refractivity contribution >= 4 is 17.5 Å². The van der Waals surface area contributed by atoms with Gasteiger partial charge < -0.3 is 19.9 Å². The number of nitrogens with one attached hydrogen (secondary N) is 2. The smallest absolute Gasteiger partial charge is 0.250 e. The van der Waals surface area contributed by atoms with Crippen molar-refractivity contribution in [1.82, 2.24) is 9.88 Å². The predicted molar refractivity (Wildman–Crippen MR) is 97.3 cm³/mol. The van der Waals surface area contributed by atoms with Gasteiger partial charge in [0, 0.05) is 31.8 Å². The molecular weight excluding hydrogens is 334 g/mol. The summed E-state index contributed by atoms with van der Waals surface area (Å²) >= 11 is 0. The van der Waals surface area contributed by atoms with Crippen molar-refractivity contribution in [3.63, 3.8) is 0 Å². The highest BCUT2D eigenvalue weighted by molar-refractivity contribution is 6.02. The molecule has 1 aliphatic heterocycles. The average molecular weight is 355 g/mol. The first-order valence-electron chi connectivity index (χ1n) is 8.50. The molecule has 1 aromatic heterocycles. The van der Waals surface area contributed by atoms with Crippen LogP contribution in [0.2, 0.25) is 0 Å². The maximum Gasteiger partial charge on any atom is 0.250 e. The Bertz CT molecular complexity index is 875. The first-order valence-corrected chi connectivity index (χ1v) is 8.50. The number of aryl methyl sites for hydroxylation is 1. The summed E-state index contributed by atoms with van der Waals surface area (Å²) in [5.74, 6) is -0.419. The number of rotatable bonds is 6. The van der Waals surface area contributed by atoms with Gasteiger partial charge in [-0.15, -0.1) is 0 Å². The molecule has 3 rings (SSSR count). The molecule has 2 heterocycles. The standard InChI is InChI=1S/C19H21N3O4/c1-26-15-7-4-6-13-14(12-16(23)21-18(13)15)19(25)20-9-5-11-22-10-3-2-8-17(22)24/h2-4,6-8,10,14H,5,9,11-12H2,1H3,(H,20,25)(H,21,23)/t14-/m1/s1. The van der Waals surface area contributed by atoms with Crippen molar-refractivity contribution in [2.45, 2.75) is 25.3 Å². The summed E-state index contributed by atoms with van der Waals surface area (Å²) in [6, 6.07) is 10.4. The Morgan fingerprint density at radius 3 is 2.88 bits per heavy atom. The van der Waals surface area contributed by atoms with E-state index >= 15 is 0 Å². The molecule has 1 atom stereocenters. The highest BCUT2D eigenvalue weighted by Gasteiger charge is 2.32. The first kappa shape index (κ1) is 17.7. The fourth-order valence-electron chi connectivity index (χ4n) is 3.09. The fraction of sp³-hybridized carbons (Fsp3) is 0.316. The Kier molecular flexibility index (Phi) is 5.36. The molecule has 0 saturated heterocycles. The van der Waals surface area contributed by atoms with Gasteiger partial charge in [0.2, 0.25) is 17.4 Å².